The maximum absolute atomic E-state index is 11.0. The first kappa shape index (κ1) is 7.23. The number of hydrogen-bond donors (Lipinski definition) is 1. The van der Waals surface area contributed by atoms with E-state index in [1.54, 1.807) is 0 Å². The van der Waals surface area contributed by atoms with Gasteiger partial charge in [-0.3, -0.25) is 4.79 Å². The molecule has 1 N–H and O–H groups in total. The number of piperidine rings is 1. The van der Waals surface area contributed by atoms with E-state index in [4.69, 9.17) is 5.26 Å². The van der Waals surface area contributed by atoms with Crippen molar-refractivity contribution in [3.05, 3.63) is 0 Å². The predicted molar refractivity (Wildman–Crippen MR) is 36.2 cm³/mol. The maximum atomic E-state index is 11.0. The van der Waals surface area contributed by atoms with Crippen LogP contribution in [0.3, 0.4) is 0 Å². The summed E-state index contributed by atoms with van der Waals surface area (Å²) in [6.45, 7) is 2.47. The van der Waals surface area contributed by atoms with Crippen LogP contribution in [0.5, 0.6) is 0 Å². The summed E-state index contributed by atoms with van der Waals surface area (Å²) >= 11 is 0. The second-order valence-corrected chi connectivity index (χ2v) is 2.66. The molecule has 0 spiro atoms. The summed E-state index contributed by atoms with van der Waals surface area (Å²) in [7, 11) is 0. The zero-order valence-electron chi connectivity index (χ0n) is 5.92. The highest BCUT2D eigenvalue weighted by molar-refractivity contribution is 5.84. The molecule has 0 amide bonds. The third kappa shape index (κ3) is 1.34. The minimum Gasteiger partial charge on any atom is -0.312 e. The first-order valence-corrected chi connectivity index (χ1v) is 3.39. The molecule has 1 saturated heterocycles. The Morgan fingerprint density at radius 2 is 2.50 bits per heavy atom. The van der Waals surface area contributed by atoms with Crippen LogP contribution in [0, 0.1) is 17.2 Å². The summed E-state index contributed by atoms with van der Waals surface area (Å²) in [5.41, 5.74) is 0. The highest BCUT2D eigenvalue weighted by Gasteiger charge is 2.24. The van der Waals surface area contributed by atoms with Crippen LogP contribution in [-0.4, -0.2) is 18.4 Å². The van der Waals surface area contributed by atoms with Gasteiger partial charge < -0.3 is 5.32 Å². The van der Waals surface area contributed by atoms with Crippen molar-refractivity contribution >= 4 is 5.78 Å². The van der Waals surface area contributed by atoms with E-state index >= 15 is 0 Å². The van der Waals surface area contributed by atoms with Crippen molar-refractivity contribution in [2.24, 2.45) is 5.92 Å². The van der Waals surface area contributed by atoms with Crippen LogP contribution in [0.25, 0.3) is 0 Å². The summed E-state index contributed by atoms with van der Waals surface area (Å²) in [6.07, 6.45) is 0.498. The molecule has 0 aromatic heterocycles. The van der Waals surface area contributed by atoms with Gasteiger partial charge in [0.2, 0.25) is 0 Å². The summed E-state index contributed by atoms with van der Waals surface area (Å²) in [5.74, 6) is -0.329. The molecule has 3 heteroatoms. The lowest BCUT2D eigenvalue weighted by molar-refractivity contribution is -0.122. The standard InChI is InChI=1S/C7H10N2O/c1-5-2-7(10)6(3-8)4-9-5/h5-6,9H,2,4H2,1H3. The maximum Gasteiger partial charge on any atom is 0.152 e. The summed E-state index contributed by atoms with van der Waals surface area (Å²) in [6, 6.07) is 2.21. The summed E-state index contributed by atoms with van der Waals surface area (Å²) < 4.78 is 0. The zero-order chi connectivity index (χ0) is 7.56. The van der Waals surface area contributed by atoms with Crippen molar-refractivity contribution in [1.82, 2.24) is 5.32 Å². The van der Waals surface area contributed by atoms with Gasteiger partial charge >= 0.3 is 0 Å². The molecule has 0 aromatic carbocycles. The van der Waals surface area contributed by atoms with Crippen LogP contribution < -0.4 is 5.32 Å². The van der Waals surface area contributed by atoms with Crippen LogP contribution in [0.2, 0.25) is 0 Å². The van der Waals surface area contributed by atoms with E-state index in [0.29, 0.717) is 13.0 Å². The molecular weight excluding hydrogens is 128 g/mol. The zero-order valence-corrected chi connectivity index (χ0v) is 5.92. The molecule has 2 unspecified atom stereocenters. The Kier molecular flexibility index (Phi) is 2.03. The summed E-state index contributed by atoms with van der Waals surface area (Å²) in [5, 5.41) is 11.5. The number of ketones is 1. The fourth-order valence-electron chi connectivity index (χ4n) is 1.07. The van der Waals surface area contributed by atoms with Gasteiger partial charge in [-0.15, -0.1) is 0 Å². The minimum absolute atomic E-state index is 0.0775. The van der Waals surface area contributed by atoms with Gasteiger partial charge in [0.05, 0.1) is 6.07 Å². The lowest BCUT2D eigenvalue weighted by Crippen LogP contribution is -2.42. The van der Waals surface area contributed by atoms with Crippen molar-refractivity contribution in [3.8, 4) is 6.07 Å². The van der Waals surface area contributed by atoms with Crippen LogP contribution in [0.1, 0.15) is 13.3 Å². The molecule has 0 aliphatic carbocycles. The number of hydrogen-bond acceptors (Lipinski definition) is 3. The van der Waals surface area contributed by atoms with E-state index in [2.05, 4.69) is 5.32 Å². The van der Waals surface area contributed by atoms with Crippen LogP contribution >= 0.6 is 0 Å². The van der Waals surface area contributed by atoms with E-state index in [-0.39, 0.29) is 11.8 Å². The first-order chi connectivity index (χ1) is 4.74. The van der Waals surface area contributed by atoms with Gasteiger partial charge in [-0.2, -0.15) is 5.26 Å². The Morgan fingerprint density at radius 3 is 3.00 bits per heavy atom. The molecule has 54 valence electrons. The number of rotatable bonds is 0. The smallest absolute Gasteiger partial charge is 0.152 e. The molecule has 0 aromatic rings. The van der Waals surface area contributed by atoms with E-state index in [9.17, 15) is 4.79 Å². The number of carbonyl (C=O) groups is 1. The van der Waals surface area contributed by atoms with Crippen molar-refractivity contribution in [1.29, 1.82) is 5.26 Å². The second kappa shape index (κ2) is 2.80. The average Bonchev–Trinajstić information content (AvgIpc) is 1.88. The van der Waals surface area contributed by atoms with Gasteiger partial charge in [0.15, 0.2) is 5.78 Å². The van der Waals surface area contributed by atoms with E-state index in [1.807, 2.05) is 13.0 Å². The van der Waals surface area contributed by atoms with Crippen LogP contribution in [0.4, 0.5) is 0 Å². The van der Waals surface area contributed by atoms with Gasteiger partial charge in [0.1, 0.15) is 5.92 Å². The fourth-order valence-corrected chi connectivity index (χ4v) is 1.07. The Morgan fingerprint density at radius 1 is 1.80 bits per heavy atom. The van der Waals surface area contributed by atoms with Gasteiger partial charge in [-0.1, -0.05) is 0 Å². The van der Waals surface area contributed by atoms with Crippen LogP contribution in [-0.2, 0) is 4.79 Å². The molecule has 1 heterocycles. The highest BCUT2D eigenvalue weighted by atomic mass is 16.1. The lowest BCUT2D eigenvalue weighted by Gasteiger charge is -2.21. The fraction of sp³-hybridized carbons (Fsp3) is 0.714. The number of nitrogens with zero attached hydrogens (tertiary/aromatic N) is 1. The summed E-state index contributed by atoms with van der Waals surface area (Å²) in [4.78, 5) is 11.0. The largest absolute Gasteiger partial charge is 0.312 e. The average molecular weight is 138 g/mol. The normalized spacial score (nSPS) is 33.4. The third-order valence-corrected chi connectivity index (χ3v) is 1.72. The molecular formula is C7H10N2O. The molecule has 0 radical (unpaired) electrons. The number of nitrogens with one attached hydrogen (secondary N) is 1. The van der Waals surface area contributed by atoms with Gasteiger partial charge in [0, 0.05) is 19.0 Å². The second-order valence-electron chi connectivity index (χ2n) is 2.66. The Balaban J connectivity index is 2.54. The molecule has 2 atom stereocenters. The lowest BCUT2D eigenvalue weighted by atomic mass is 9.95. The number of carbonyl (C=O) groups excluding carboxylic acids is 1. The Labute approximate surface area is 60.0 Å². The quantitative estimate of drug-likeness (QED) is 0.515. The van der Waals surface area contributed by atoms with Crippen molar-refractivity contribution in [2.45, 2.75) is 19.4 Å². The third-order valence-electron chi connectivity index (χ3n) is 1.72. The van der Waals surface area contributed by atoms with Gasteiger partial charge in [-0.25, -0.2) is 0 Å². The molecule has 1 fully saturated rings. The first-order valence-electron chi connectivity index (χ1n) is 3.39. The van der Waals surface area contributed by atoms with E-state index in [0.717, 1.165) is 0 Å². The van der Waals surface area contributed by atoms with Crippen molar-refractivity contribution in [3.63, 3.8) is 0 Å². The molecule has 1 rings (SSSR count). The van der Waals surface area contributed by atoms with E-state index < -0.39 is 5.92 Å². The predicted octanol–water partition coefficient (Wildman–Crippen LogP) is 0.0771. The Bertz CT molecular complexity index is 183. The molecule has 1 aliphatic rings. The highest BCUT2D eigenvalue weighted by Crippen LogP contribution is 2.08. The Hall–Kier alpha value is -0.880. The molecule has 10 heavy (non-hydrogen) atoms. The number of Topliss-reactive ketones (excluding diaryl/α,β-unsaturated/α-hetero) is 1. The van der Waals surface area contributed by atoms with Crippen LogP contribution in [0.15, 0.2) is 0 Å². The van der Waals surface area contributed by atoms with E-state index in [1.165, 1.54) is 0 Å². The number of nitriles is 1. The SMILES string of the molecule is CC1CC(=O)C(C#N)CN1. The molecule has 0 bridgehead atoms. The van der Waals surface area contributed by atoms with Gasteiger partial charge in [0.25, 0.3) is 0 Å². The molecule has 3 nitrogen and oxygen atoms in total. The minimum atomic E-state index is -0.406. The van der Waals surface area contributed by atoms with Crippen molar-refractivity contribution < 1.29 is 4.79 Å². The molecule has 1 aliphatic heterocycles. The van der Waals surface area contributed by atoms with Gasteiger partial charge in [-0.05, 0) is 6.92 Å². The topological polar surface area (TPSA) is 52.9 Å². The molecule has 0 saturated carbocycles. The monoisotopic (exact) mass is 138 g/mol. The van der Waals surface area contributed by atoms with Crippen molar-refractivity contribution in [2.75, 3.05) is 6.54 Å².